The Labute approximate surface area is 120 Å². The highest BCUT2D eigenvalue weighted by atomic mass is 15.3. The topological polar surface area (TPSA) is 45.4 Å². The number of aryl methyl sites for hydroxylation is 1. The van der Waals surface area contributed by atoms with E-state index in [9.17, 15) is 0 Å². The van der Waals surface area contributed by atoms with E-state index in [1.807, 2.05) is 18.2 Å². The van der Waals surface area contributed by atoms with Crippen LogP contribution < -0.4 is 10.6 Å². The molecule has 1 fully saturated rings. The molecule has 0 amide bonds. The number of hydrogen-bond donors (Lipinski definition) is 1. The number of nitrogens with two attached hydrogens (primary N) is 1. The first-order valence-electron chi connectivity index (χ1n) is 7.16. The monoisotopic (exact) mass is 270 g/mol. The Bertz CT molecular complexity index is 638. The molecule has 0 bridgehead atoms. The van der Waals surface area contributed by atoms with Crippen molar-refractivity contribution in [1.29, 1.82) is 0 Å². The number of benzene rings is 1. The van der Waals surface area contributed by atoms with Crippen LogP contribution in [0, 0.1) is 6.92 Å². The third-order valence-corrected chi connectivity index (χ3v) is 4.24. The first kappa shape index (κ1) is 13.2. The van der Waals surface area contributed by atoms with E-state index in [1.54, 1.807) is 0 Å². The molecule has 1 aliphatic heterocycles. The van der Waals surface area contributed by atoms with Crippen molar-refractivity contribution in [2.45, 2.75) is 19.9 Å². The average Bonchev–Trinajstić information content (AvgIpc) is 2.41. The number of pyridine rings is 1. The summed E-state index contributed by atoms with van der Waals surface area (Å²) in [6.07, 6.45) is 0. The van der Waals surface area contributed by atoms with Crippen LogP contribution in [0.1, 0.15) is 12.6 Å². The fraction of sp³-hybridized carbons (Fsp3) is 0.438. The molecule has 106 valence electrons. The van der Waals surface area contributed by atoms with Crippen molar-refractivity contribution in [3.63, 3.8) is 0 Å². The molecule has 4 nitrogen and oxygen atoms in total. The molecule has 0 aliphatic carbocycles. The molecule has 1 aliphatic rings. The fourth-order valence-corrected chi connectivity index (χ4v) is 2.88. The maximum Gasteiger partial charge on any atom is 0.0727 e. The molecule has 2 heterocycles. The summed E-state index contributed by atoms with van der Waals surface area (Å²) in [7, 11) is 2.19. The van der Waals surface area contributed by atoms with Crippen LogP contribution in [0.5, 0.6) is 0 Å². The molecular formula is C16H22N4. The van der Waals surface area contributed by atoms with Gasteiger partial charge in [-0.05, 0) is 45.2 Å². The van der Waals surface area contributed by atoms with E-state index in [0.29, 0.717) is 6.04 Å². The maximum absolute atomic E-state index is 5.96. The highest BCUT2D eigenvalue weighted by molar-refractivity contribution is 5.94. The van der Waals surface area contributed by atoms with Crippen molar-refractivity contribution in [2.75, 3.05) is 37.3 Å². The lowest BCUT2D eigenvalue weighted by atomic mass is 10.1. The molecule has 1 saturated heterocycles. The normalized spacial score (nSPS) is 20.6. The lowest BCUT2D eigenvalue weighted by molar-refractivity contribution is 0.234. The molecule has 1 unspecified atom stereocenters. The van der Waals surface area contributed by atoms with Crippen LogP contribution in [0.3, 0.4) is 0 Å². The third kappa shape index (κ3) is 2.31. The van der Waals surface area contributed by atoms with Crippen molar-refractivity contribution in [3.05, 3.63) is 30.0 Å². The van der Waals surface area contributed by atoms with E-state index >= 15 is 0 Å². The van der Waals surface area contributed by atoms with Crippen molar-refractivity contribution < 1.29 is 0 Å². The van der Waals surface area contributed by atoms with Crippen LogP contribution in [-0.4, -0.2) is 42.6 Å². The molecule has 1 aromatic carbocycles. The summed E-state index contributed by atoms with van der Waals surface area (Å²) in [5.74, 6) is 0. The number of hydrogen-bond acceptors (Lipinski definition) is 4. The zero-order chi connectivity index (χ0) is 14.3. The van der Waals surface area contributed by atoms with Gasteiger partial charge in [0.1, 0.15) is 0 Å². The fourth-order valence-electron chi connectivity index (χ4n) is 2.88. The summed E-state index contributed by atoms with van der Waals surface area (Å²) < 4.78 is 0. The number of nitrogen functional groups attached to an aromatic ring is 1. The standard InChI is InChI=1S/C16H22N4/c1-11-8-16(20-7-6-19(3)12(2)10-20)14-9-13(17)4-5-15(14)18-11/h4-5,8-9,12H,6-7,10,17H2,1-3H3. The molecule has 1 atom stereocenters. The van der Waals surface area contributed by atoms with Crippen LogP contribution in [0.4, 0.5) is 11.4 Å². The number of fused-ring (bicyclic) bond motifs is 1. The Morgan fingerprint density at radius 3 is 2.80 bits per heavy atom. The zero-order valence-electron chi connectivity index (χ0n) is 12.4. The molecule has 0 spiro atoms. The van der Waals surface area contributed by atoms with Crippen molar-refractivity contribution in [2.24, 2.45) is 0 Å². The maximum atomic E-state index is 5.96. The summed E-state index contributed by atoms with van der Waals surface area (Å²) in [6, 6.07) is 8.72. The lowest BCUT2D eigenvalue weighted by Crippen LogP contribution is -2.50. The van der Waals surface area contributed by atoms with Crippen molar-refractivity contribution in [1.82, 2.24) is 9.88 Å². The van der Waals surface area contributed by atoms with Crippen molar-refractivity contribution in [3.8, 4) is 0 Å². The number of nitrogens with zero attached hydrogens (tertiary/aromatic N) is 3. The van der Waals surface area contributed by atoms with Gasteiger partial charge in [0.25, 0.3) is 0 Å². The Morgan fingerprint density at radius 1 is 1.25 bits per heavy atom. The van der Waals surface area contributed by atoms with Gasteiger partial charge in [0, 0.05) is 48.1 Å². The molecule has 3 rings (SSSR count). The molecule has 2 aromatic rings. The predicted molar refractivity (Wildman–Crippen MR) is 85.2 cm³/mol. The van der Waals surface area contributed by atoms with E-state index < -0.39 is 0 Å². The molecule has 1 aromatic heterocycles. The second-order valence-electron chi connectivity index (χ2n) is 5.83. The van der Waals surface area contributed by atoms with Crippen LogP contribution >= 0.6 is 0 Å². The Hall–Kier alpha value is -1.81. The van der Waals surface area contributed by atoms with Crippen LogP contribution in [-0.2, 0) is 0 Å². The SMILES string of the molecule is Cc1cc(N2CCN(C)C(C)C2)c2cc(N)ccc2n1. The largest absolute Gasteiger partial charge is 0.399 e. The van der Waals surface area contributed by atoms with E-state index in [1.165, 1.54) is 5.69 Å². The predicted octanol–water partition coefficient (Wildman–Crippen LogP) is 2.27. The Morgan fingerprint density at radius 2 is 2.05 bits per heavy atom. The summed E-state index contributed by atoms with van der Waals surface area (Å²) in [5, 5.41) is 1.16. The zero-order valence-corrected chi connectivity index (χ0v) is 12.4. The van der Waals surface area contributed by atoms with Crippen LogP contribution in [0.25, 0.3) is 10.9 Å². The number of aromatic nitrogens is 1. The summed E-state index contributed by atoms with van der Waals surface area (Å²) in [4.78, 5) is 9.48. The third-order valence-electron chi connectivity index (χ3n) is 4.24. The highest BCUT2D eigenvalue weighted by Gasteiger charge is 2.22. The minimum Gasteiger partial charge on any atom is -0.399 e. The van der Waals surface area contributed by atoms with E-state index in [4.69, 9.17) is 5.73 Å². The summed E-state index contributed by atoms with van der Waals surface area (Å²) >= 11 is 0. The molecule has 20 heavy (non-hydrogen) atoms. The first-order valence-corrected chi connectivity index (χ1v) is 7.16. The van der Waals surface area contributed by atoms with Gasteiger partial charge >= 0.3 is 0 Å². The Balaban J connectivity index is 2.08. The molecule has 4 heteroatoms. The second kappa shape index (κ2) is 4.94. The van der Waals surface area contributed by atoms with Gasteiger partial charge in [-0.3, -0.25) is 4.98 Å². The molecular weight excluding hydrogens is 248 g/mol. The smallest absolute Gasteiger partial charge is 0.0727 e. The summed E-state index contributed by atoms with van der Waals surface area (Å²) in [6.45, 7) is 7.51. The van der Waals surface area contributed by atoms with E-state index in [2.05, 4.69) is 41.7 Å². The van der Waals surface area contributed by atoms with Gasteiger partial charge in [0.2, 0.25) is 0 Å². The van der Waals surface area contributed by atoms with E-state index in [0.717, 1.165) is 41.9 Å². The van der Waals surface area contributed by atoms with E-state index in [-0.39, 0.29) is 0 Å². The van der Waals surface area contributed by atoms with Crippen LogP contribution in [0.2, 0.25) is 0 Å². The lowest BCUT2D eigenvalue weighted by Gasteiger charge is -2.39. The molecule has 0 saturated carbocycles. The average molecular weight is 270 g/mol. The summed E-state index contributed by atoms with van der Waals surface area (Å²) in [5.41, 5.74) is 10.1. The van der Waals surface area contributed by atoms with Gasteiger partial charge in [-0.1, -0.05) is 0 Å². The Kier molecular flexibility index (Phi) is 3.26. The number of anilines is 2. The van der Waals surface area contributed by atoms with Crippen LogP contribution in [0.15, 0.2) is 24.3 Å². The van der Waals surface area contributed by atoms with Gasteiger partial charge in [-0.15, -0.1) is 0 Å². The van der Waals surface area contributed by atoms with Gasteiger partial charge in [-0.2, -0.15) is 0 Å². The molecule has 0 radical (unpaired) electrons. The van der Waals surface area contributed by atoms with Gasteiger partial charge < -0.3 is 15.5 Å². The minimum atomic E-state index is 0.563. The number of piperazine rings is 1. The van der Waals surface area contributed by atoms with Gasteiger partial charge in [0.05, 0.1) is 5.52 Å². The number of likely N-dealkylation sites (N-methyl/N-ethyl adjacent to an activating group) is 1. The van der Waals surface area contributed by atoms with Crippen molar-refractivity contribution >= 4 is 22.3 Å². The first-order chi connectivity index (χ1) is 9.54. The minimum absolute atomic E-state index is 0.563. The van der Waals surface area contributed by atoms with Gasteiger partial charge in [-0.25, -0.2) is 0 Å². The second-order valence-corrected chi connectivity index (χ2v) is 5.83. The van der Waals surface area contributed by atoms with Gasteiger partial charge in [0.15, 0.2) is 0 Å². The quantitative estimate of drug-likeness (QED) is 0.807. The molecule has 2 N–H and O–H groups in total. The number of rotatable bonds is 1. The highest BCUT2D eigenvalue weighted by Crippen LogP contribution is 2.29.